The predicted octanol–water partition coefficient (Wildman–Crippen LogP) is -1.49. The van der Waals surface area contributed by atoms with E-state index >= 15 is 0 Å². The molecule has 100 valence electrons. The van der Waals surface area contributed by atoms with Gasteiger partial charge < -0.3 is 26.0 Å². The maximum absolute atomic E-state index is 11.7. The lowest BCUT2D eigenvalue weighted by Gasteiger charge is -2.15. The number of nitrogen functional groups attached to an aromatic ring is 1. The van der Waals surface area contributed by atoms with E-state index in [-0.39, 0.29) is 18.8 Å². The summed E-state index contributed by atoms with van der Waals surface area (Å²) in [7, 11) is 1.66. The van der Waals surface area contributed by atoms with Crippen LogP contribution in [0, 0.1) is 0 Å². The van der Waals surface area contributed by atoms with E-state index < -0.39 is 24.1 Å². The van der Waals surface area contributed by atoms with E-state index in [0.717, 1.165) is 0 Å². The molecule has 2 rings (SSSR count). The van der Waals surface area contributed by atoms with Crippen LogP contribution in [0.15, 0.2) is 11.0 Å². The fourth-order valence-corrected chi connectivity index (χ4v) is 1.93. The van der Waals surface area contributed by atoms with Crippen molar-refractivity contribution in [2.75, 3.05) is 24.7 Å². The van der Waals surface area contributed by atoms with E-state index in [1.54, 1.807) is 7.05 Å². The van der Waals surface area contributed by atoms with Crippen molar-refractivity contribution in [2.24, 2.45) is 0 Å². The van der Waals surface area contributed by atoms with Crippen LogP contribution in [-0.4, -0.2) is 45.6 Å². The molecule has 8 heteroatoms. The summed E-state index contributed by atoms with van der Waals surface area (Å²) in [6, 6.07) is 0. The Bertz CT molecular complexity index is 489. The molecule has 1 aromatic rings. The second kappa shape index (κ2) is 4.92. The van der Waals surface area contributed by atoms with Crippen molar-refractivity contribution in [3.63, 3.8) is 0 Å². The van der Waals surface area contributed by atoms with Gasteiger partial charge in [-0.1, -0.05) is 0 Å². The van der Waals surface area contributed by atoms with Crippen molar-refractivity contribution >= 4 is 11.5 Å². The Hall–Kier alpha value is -1.64. The molecule has 8 nitrogen and oxygen atoms in total. The summed E-state index contributed by atoms with van der Waals surface area (Å²) in [5.41, 5.74) is 5.51. The van der Waals surface area contributed by atoms with Gasteiger partial charge in [-0.25, -0.2) is 4.79 Å². The van der Waals surface area contributed by atoms with Crippen molar-refractivity contribution in [1.82, 2.24) is 9.55 Å². The van der Waals surface area contributed by atoms with Crippen LogP contribution in [0.2, 0.25) is 0 Å². The topological polar surface area (TPSA) is 123 Å². The first-order valence-corrected chi connectivity index (χ1v) is 5.57. The number of nitrogens with one attached hydrogen (secondary N) is 1. The molecule has 1 aliphatic rings. The Morgan fingerprint density at radius 1 is 1.72 bits per heavy atom. The molecule has 0 amide bonds. The first-order chi connectivity index (χ1) is 8.56. The van der Waals surface area contributed by atoms with Crippen LogP contribution in [0.25, 0.3) is 0 Å². The number of hydrogen-bond donors (Lipinski definition) is 4. The molecule has 0 saturated carbocycles. The number of anilines is 2. The predicted molar refractivity (Wildman–Crippen MR) is 64.1 cm³/mol. The zero-order valence-electron chi connectivity index (χ0n) is 9.91. The Morgan fingerprint density at radius 2 is 2.44 bits per heavy atom. The van der Waals surface area contributed by atoms with Crippen LogP contribution in [0.3, 0.4) is 0 Å². The maximum Gasteiger partial charge on any atom is 0.351 e. The van der Waals surface area contributed by atoms with Gasteiger partial charge in [0, 0.05) is 19.7 Å². The standard InChI is InChI=1S/C10H16N4O4/c1-12-5-3-14(10(17)13-9(5)11)8-2-6(16)7(4-15)18-8/h3,6-8,12,15-16H,2,4H2,1H3,(H2,11,13,17)/t6-,7+,8+/m1/s1. The third-order valence-corrected chi connectivity index (χ3v) is 2.94. The number of hydrogen-bond acceptors (Lipinski definition) is 7. The van der Waals surface area contributed by atoms with Gasteiger partial charge in [0.2, 0.25) is 0 Å². The fraction of sp³-hybridized carbons (Fsp3) is 0.600. The van der Waals surface area contributed by atoms with Crippen LogP contribution < -0.4 is 16.7 Å². The van der Waals surface area contributed by atoms with E-state index in [0.29, 0.717) is 5.69 Å². The second-order valence-corrected chi connectivity index (χ2v) is 4.09. The highest BCUT2D eigenvalue weighted by Crippen LogP contribution is 2.28. The molecular weight excluding hydrogens is 240 g/mol. The van der Waals surface area contributed by atoms with Crippen LogP contribution in [0.5, 0.6) is 0 Å². The zero-order chi connectivity index (χ0) is 13.3. The molecular formula is C10H16N4O4. The molecule has 1 aliphatic heterocycles. The maximum atomic E-state index is 11.7. The number of ether oxygens (including phenoxy) is 1. The number of aromatic nitrogens is 2. The third kappa shape index (κ3) is 2.17. The van der Waals surface area contributed by atoms with Crippen LogP contribution in [0.1, 0.15) is 12.6 Å². The van der Waals surface area contributed by atoms with Crippen molar-refractivity contribution < 1.29 is 14.9 Å². The molecule has 0 aromatic carbocycles. The van der Waals surface area contributed by atoms with E-state index in [1.165, 1.54) is 10.8 Å². The second-order valence-electron chi connectivity index (χ2n) is 4.09. The Morgan fingerprint density at radius 3 is 3.00 bits per heavy atom. The quantitative estimate of drug-likeness (QED) is 0.519. The lowest BCUT2D eigenvalue weighted by molar-refractivity contribution is -0.0458. The molecule has 3 atom stereocenters. The first-order valence-electron chi connectivity index (χ1n) is 5.57. The van der Waals surface area contributed by atoms with Crippen LogP contribution in [0.4, 0.5) is 11.5 Å². The smallest absolute Gasteiger partial charge is 0.351 e. The number of aliphatic hydroxyl groups excluding tert-OH is 2. The van der Waals surface area contributed by atoms with Gasteiger partial charge in [-0.3, -0.25) is 4.57 Å². The van der Waals surface area contributed by atoms with Gasteiger partial charge in [-0.15, -0.1) is 0 Å². The van der Waals surface area contributed by atoms with Gasteiger partial charge in [0.25, 0.3) is 0 Å². The van der Waals surface area contributed by atoms with Crippen molar-refractivity contribution in [1.29, 1.82) is 0 Å². The Kier molecular flexibility index (Phi) is 3.50. The van der Waals surface area contributed by atoms with Gasteiger partial charge in [-0.05, 0) is 0 Å². The highest BCUT2D eigenvalue weighted by molar-refractivity contribution is 5.59. The SMILES string of the molecule is CNc1cn([C@@H]2C[C@@H](O)[C@H](CO)O2)c(=O)nc1N. The van der Waals surface area contributed by atoms with Crippen molar-refractivity contribution in [2.45, 2.75) is 24.9 Å². The van der Waals surface area contributed by atoms with Crippen LogP contribution in [-0.2, 0) is 4.74 Å². The largest absolute Gasteiger partial charge is 0.394 e. The van der Waals surface area contributed by atoms with E-state index in [9.17, 15) is 9.90 Å². The zero-order valence-corrected chi connectivity index (χ0v) is 9.91. The monoisotopic (exact) mass is 256 g/mol. The summed E-state index contributed by atoms with van der Waals surface area (Å²) in [6.07, 6.45) is -0.424. The Balaban J connectivity index is 2.32. The molecule has 18 heavy (non-hydrogen) atoms. The minimum absolute atomic E-state index is 0.107. The first kappa shape index (κ1) is 12.8. The molecule has 0 aliphatic carbocycles. The average Bonchev–Trinajstić information content (AvgIpc) is 2.70. The van der Waals surface area contributed by atoms with Gasteiger partial charge >= 0.3 is 5.69 Å². The lowest BCUT2D eigenvalue weighted by atomic mass is 10.2. The Labute approximate surface area is 103 Å². The summed E-state index contributed by atoms with van der Waals surface area (Å²) in [4.78, 5) is 15.4. The summed E-state index contributed by atoms with van der Waals surface area (Å²) < 4.78 is 6.63. The van der Waals surface area contributed by atoms with E-state index in [2.05, 4.69) is 10.3 Å². The molecule has 5 N–H and O–H groups in total. The summed E-state index contributed by atoms with van der Waals surface area (Å²) in [5.74, 6) is 0.107. The minimum atomic E-state index is -0.803. The van der Waals surface area contributed by atoms with E-state index in [1.807, 2.05) is 0 Å². The van der Waals surface area contributed by atoms with Gasteiger partial charge in [0.05, 0.1) is 18.4 Å². The van der Waals surface area contributed by atoms with Gasteiger partial charge in [0.1, 0.15) is 12.3 Å². The summed E-state index contributed by atoms with van der Waals surface area (Å²) in [5, 5.41) is 21.4. The van der Waals surface area contributed by atoms with Crippen molar-refractivity contribution in [3.8, 4) is 0 Å². The minimum Gasteiger partial charge on any atom is -0.394 e. The van der Waals surface area contributed by atoms with Gasteiger partial charge in [0.15, 0.2) is 5.82 Å². The molecule has 0 unspecified atom stereocenters. The number of rotatable bonds is 3. The molecule has 0 bridgehead atoms. The molecule has 1 fully saturated rings. The highest BCUT2D eigenvalue weighted by atomic mass is 16.5. The lowest BCUT2D eigenvalue weighted by Crippen LogP contribution is -2.28. The molecule has 1 saturated heterocycles. The third-order valence-electron chi connectivity index (χ3n) is 2.94. The number of nitrogens with zero attached hydrogens (tertiary/aromatic N) is 2. The fourth-order valence-electron chi connectivity index (χ4n) is 1.93. The number of nitrogens with two attached hydrogens (primary N) is 1. The molecule has 0 radical (unpaired) electrons. The molecule has 0 spiro atoms. The number of aliphatic hydroxyl groups is 2. The molecule has 2 heterocycles. The summed E-state index contributed by atoms with van der Waals surface area (Å²) >= 11 is 0. The van der Waals surface area contributed by atoms with Gasteiger partial charge in [-0.2, -0.15) is 4.98 Å². The van der Waals surface area contributed by atoms with Crippen molar-refractivity contribution in [3.05, 3.63) is 16.7 Å². The average molecular weight is 256 g/mol. The highest BCUT2D eigenvalue weighted by Gasteiger charge is 2.35. The van der Waals surface area contributed by atoms with E-state index in [4.69, 9.17) is 15.6 Å². The normalized spacial score (nSPS) is 27.4. The molecule has 1 aromatic heterocycles. The van der Waals surface area contributed by atoms with Crippen LogP contribution >= 0.6 is 0 Å². The summed E-state index contributed by atoms with van der Waals surface area (Å²) in [6.45, 7) is -0.298.